The molecule has 0 amide bonds. The molecule has 0 aliphatic rings. The van der Waals surface area contributed by atoms with Crippen LogP contribution in [0.25, 0.3) is 0 Å². The van der Waals surface area contributed by atoms with Gasteiger partial charge in [-0.3, -0.25) is 0 Å². The van der Waals surface area contributed by atoms with Crippen molar-refractivity contribution in [3.8, 4) is 5.75 Å². The molecule has 0 aliphatic carbocycles. The molecule has 0 saturated heterocycles. The van der Waals surface area contributed by atoms with E-state index in [1.165, 1.54) is 12.1 Å². The third kappa shape index (κ3) is 3.06. The molecule has 1 aromatic heterocycles. The van der Waals surface area contributed by atoms with Gasteiger partial charge in [0.15, 0.2) is 0 Å². The lowest BCUT2D eigenvalue weighted by Gasteiger charge is -2.17. The zero-order chi connectivity index (χ0) is 12.3. The number of hydrogen-bond acceptors (Lipinski definition) is 3. The molecule has 2 aromatic rings. The Labute approximate surface area is 111 Å². The summed E-state index contributed by atoms with van der Waals surface area (Å²) in [5.74, 6) is 0.289. The summed E-state index contributed by atoms with van der Waals surface area (Å²) < 4.78 is 19.3. The average Bonchev–Trinajstić information content (AvgIpc) is 2.81. The molecule has 5 heteroatoms. The van der Waals surface area contributed by atoms with Crippen LogP contribution in [0.1, 0.15) is 11.7 Å². The average molecular weight is 316 g/mol. The molecule has 2 N–H and O–H groups in total. The van der Waals surface area contributed by atoms with E-state index in [4.69, 9.17) is 10.5 Å². The molecule has 90 valence electrons. The van der Waals surface area contributed by atoms with Crippen LogP contribution >= 0.6 is 27.3 Å². The standard InChI is InChI=1S/C12H11BrFNOS/c13-10-5-9(14)1-2-11(10)16-12(6-15)8-3-4-17-7-8/h1-5,7,12H,6,15H2. The third-order valence-electron chi connectivity index (χ3n) is 2.29. The Kier molecular flexibility index (Phi) is 4.15. The number of ether oxygens (including phenoxy) is 1. The van der Waals surface area contributed by atoms with Crippen molar-refractivity contribution in [3.63, 3.8) is 0 Å². The van der Waals surface area contributed by atoms with E-state index in [0.717, 1.165) is 5.56 Å². The van der Waals surface area contributed by atoms with Gasteiger partial charge in [0.2, 0.25) is 0 Å². The van der Waals surface area contributed by atoms with Gasteiger partial charge in [0.25, 0.3) is 0 Å². The molecular weight excluding hydrogens is 305 g/mol. The van der Waals surface area contributed by atoms with Gasteiger partial charge in [-0.2, -0.15) is 11.3 Å². The highest BCUT2D eigenvalue weighted by Gasteiger charge is 2.13. The Morgan fingerprint density at radius 2 is 2.24 bits per heavy atom. The van der Waals surface area contributed by atoms with E-state index in [2.05, 4.69) is 15.9 Å². The number of nitrogens with two attached hydrogens (primary N) is 1. The molecule has 2 rings (SSSR count). The summed E-state index contributed by atoms with van der Waals surface area (Å²) in [5.41, 5.74) is 6.72. The lowest BCUT2D eigenvalue weighted by atomic mass is 10.2. The minimum absolute atomic E-state index is 0.206. The summed E-state index contributed by atoms with van der Waals surface area (Å²) in [6, 6.07) is 6.30. The van der Waals surface area contributed by atoms with Crippen LogP contribution in [0.5, 0.6) is 5.75 Å². The quantitative estimate of drug-likeness (QED) is 0.933. The summed E-state index contributed by atoms with van der Waals surface area (Å²) >= 11 is 4.86. The van der Waals surface area contributed by atoms with Crippen molar-refractivity contribution < 1.29 is 9.13 Å². The van der Waals surface area contributed by atoms with E-state index >= 15 is 0 Å². The number of rotatable bonds is 4. The lowest BCUT2D eigenvalue weighted by Crippen LogP contribution is -2.18. The van der Waals surface area contributed by atoms with Crippen LogP contribution in [-0.4, -0.2) is 6.54 Å². The van der Waals surface area contributed by atoms with Gasteiger partial charge in [0, 0.05) is 12.1 Å². The van der Waals surface area contributed by atoms with Gasteiger partial charge in [-0.1, -0.05) is 0 Å². The Balaban J connectivity index is 2.19. The molecule has 2 nitrogen and oxygen atoms in total. The van der Waals surface area contributed by atoms with Crippen LogP contribution in [0.2, 0.25) is 0 Å². The fourth-order valence-corrected chi connectivity index (χ4v) is 2.58. The van der Waals surface area contributed by atoms with Gasteiger partial charge in [-0.05, 0) is 51.0 Å². The SMILES string of the molecule is NCC(Oc1ccc(F)cc1Br)c1ccsc1. The smallest absolute Gasteiger partial charge is 0.137 e. The maximum Gasteiger partial charge on any atom is 0.137 e. The second-order valence-corrected chi connectivity index (χ2v) is 5.11. The van der Waals surface area contributed by atoms with Crippen LogP contribution in [0.15, 0.2) is 39.5 Å². The summed E-state index contributed by atoms with van der Waals surface area (Å²) in [7, 11) is 0. The Bertz CT molecular complexity index is 489. The van der Waals surface area contributed by atoms with Crippen molar-refractivity contribution in [2.45, 2.75) is 6.10 Å². The van der Waals surface area contributed by atoms with E-state index in [9.17, 15) is 4.39 Å². The van der Waals surface area contributed by atoms with Crippen molar-refractivity contribution in [1.29, 1.82) is 0 Å². The highest BCUT2D eigenvalue weighted by molar-refractivity contribution is 9.10. The van der Waals surface area contributed by atoms with Crippen molar-refractivity contribution >= 4 is 27.3 Å². The van der Waals surface area contributed by atoms with Crippen molar-refractivity contribution in [2.24, 2.45) is 5.73 Å². The molecule has 0 saturated carbocycles. The van der Waals surface area contributed by atoms with Crippen LogP contribution in [0.3, 0.4) is 0 Å². The monoisotopic (exact) mass is 315 g/mol. The topological polar surface area (TPSA) is 35.2 Å². The zero-order valence-electron chi connectivity index (χ0n) is 8.90. The van der Waals surface area contributed by atoms with Crippen LogP contribution in [0, 0.1) is 5.82 Å². The van der Waals surface area contributed by atoms with E-state index in [-0.39, 0.29) is 11.9 Å². The lowest BCUT2D eigenvalue weighted by molar-refractivity contribution is 0.213. The number of thiophene rings is 1. The van der Waals surface area contributed by atoms with E-state index in [1.54, 1.807) is 17.4 Å². The van der Waals surface area contributed by atoms with E-state index < -0.39 is 0 Å². The summed E-state index contributed by atoms with van der Waals surface area (Å²) in [5, 5.41) is 3.97. The molecular formula is C12H11BrFNOS. The van der Waals surface area contributed by atoms with Crippen LogP contribution < -0.4 is 10.5 Å². The first-order valence-electron chi connectivity index (χ1n) is 5.04. The maximum atomic E-state index is 12.9. The molecule has 1 unspecified atom stereocenters. The molecule has 1 atom stereocenters. The Morgan fingerprint density at radius 3 is 2.82 bits per heavy atom. The van der Waals surface area contributed by atoms with E-state index in [1.807, 2.05) is 16.8 Å². The van der Waals surface area contributed by atoms with Gasteiger partial charge in [-0.15, -0.1) is 0 Å². The highest BCUT2D eigenvalue weighted by Crippen LogP contribution is 2.30. The van der Waals surface area contributed by atoms with Crippen LogP contribution in [0.4, 0.5) is 4.39 Å². The van der Waals surface area contributed by atoms with Gasteiger partial charge in [0.1, 0.15) is 17.7 Å². The normalized spacial score (nSPS) is 12.4. The predicted octanol–water partition coefficient (Wildman–Crippen LogP) is 3.73. The van der Waals surface area contributed by atoms with Gasteiger partial charge < -0.3 is 10.5 Å². The van der Waals surface area contributed by atoms with Gasteiger partial charge >= 0.3 is 0 Å². The molecule has 0 aliphatic heterocycles. The number of benzene rings is 1. The van der Waals surface area contributed by atoms with Crippen LogP contribution in [-0.2, 0) is 0 Å². The number of hydrogen-bond donors (Lipinski definition) is 1. The second-order valence-electron chi connectivity index (χ2n) is 3.47. The number of halogens is 2. The third-order valence-corrected chi connectivity index (χ3v) is 3.61. The maximum absolute atomic E-state index is 12.9. The molecule has 0 bridgehead atoms. The highest BCUT2D eigenvalue weighted by atomic mass is 79.9. The Morgan fingerprint density at radius 1 is 1.41 bits per heavy atom. The van der Waals surface area contributed by atoms with Crippen molar-refractivity contribution in [1.82, 2.24) is 0 Å². The summed E-state index contributed by atoms with van der Waals surface area (Å²) in [6.45, 7) is 0.376. The molecule has 1 heterocycles. The first kappa shape index (κ1) is 12.5. The van der Waals surface area contributed by atoms with Crippen molar-refractivity contribution in [3.05, 3.63) is 50.9 Å². The minimum atomic E-state index is -0.302. The minimum Gasteiger partial charge on any atom is -0.483 e. The molecule has 0 fully saturated rings. The predicted molar refractivity (Wildman–Crippen MR) is 70.8 cm³/mol. The largest absolute Gasteiger partial charge is 0.483 e. The first-order chi connectivity index (χ1) is 8.20. The fraction of sp³-hybridized carbons (Fsp3) is 0.167. The molecule has 1 aromatic carbocycles. The van der Waals surface area contributed by atoms with Crippen molar-refractivity contribution in [2.75, 3.05) is 6.54 Å². The molecule has 0 radical (unpaired) electrons. The van der Waals surface area contributed by atoms with E-state index in [0.29, 0.717) is 16.8 Å². The molecule has 17 heavy (non-hydrogen) atoms. The first-order valence-corrected chi connectivity index (χ1v) is 6.78. The summed E-state index contributed by atoms with van der Waals surface area (Å²) in [4.78, 5) is 0. The summed E-state index contributed by atoms with van der Waals surface area (Å²) in [6.07, 6.45) is -0.206. The Hall–Kier alpha value is -0.910. The zero-order valence-corrected chi connectivity index (χ0v) is 11.3. The molecule has 0 spiro atoms. The van der Waals surface area contributed by atoms with Gasteiger partial charge in [-0.25, -0.2) is 4.39 Å². The fourth-order valence-electron chi connectivity index (χ4n) is 1.43. The second kappa shape index (κ2) is 5.62. The van der Waals surface area contributed by atoms with Gasteiger partial charge in [0.05, 0.1) is 4.47 Å².